The molecule has 100 valence electrons. The molecule has 0 spiro atoms. The van der Waals surface area contributed by atoms with Crippen LogP contribution in [0.2, 0.25) is 0 Å². The van der Waals surface area contributed by atoms with Gasteiger partial charge in [0, 0.05) is 12.1 Å². The van der Waals surface area contributed by atoms with Crippen molar-refractivity contribution in [2.24, 2.45) is 0 Å². The summed E-state index contributed by atoms with van der Waals surface area (Å²) >= 11 is 0. The highest BCUT2D eigenvalue weighted by Crippen LogP contribution is 2.41. The van der Waals surface area contributed by atoms with Gasteiger partial charge in [-0.15, -0.1) is 0 Å². The number of carbonyl (C=O) groups is 1. The number of rotatable bonds is 6. The zero-order valence-corrected chi connectivity index (χ0v) is 10.1. The van der Waals surface area contributed by atoms with Crippen molar-refractivity contribution in [3.63, 3.8) is 0 Å². The summed E-state index contributed by atoms with van der Waals surface area (Å²) in [4.78, 5) is 10.3. The number of hydrogen-bond acceptors (Lipinski definition) is 5. The Morgan fingerprint density at radius 1 is 1.17 bits per heavy atom. The molecule has 0 aliphatic carbocycles. The molecule has 1 N–H and O–H groups in total. The largest absolute Gasteiger partial charge is 0.493 e. The molecule has 0 amide bonds. The first-order valence-corrected chi connectivity index (χ1v) is 4.87. The summed E-state index contributed by atoms with van der Waals surface area (Å²) in [5, 5.41) is 8.41. The van der Waals surface area contributed by atoms with Gasteiger partial charge in [0.05, 0.1) is 21.3 Å². The Hall–Kier alpha value is -2.18. The van der Waals surface area contributed by atoms with E-state index in [4.69, 9.17) is 19.3 Å². The number of carboxylic acid groups (broad SMARTS) is 1. The number of hydrogen-bond donors (Lipinski definition) is 1. The second kappa shape index (κ2) is 5.95. The fraction of sp³-hybridized carbons (Fsp3) is 0.364. The highest BCUT2D eigenvalue weighted by molar-refractivity contribution is 5.71. The van der Waals surface area contributed by atoms with Crippen molar-refractivity contribution >= 4 is 5.97 Å². The molecule has 1 aromatic carbocycles. The highest BCUT2D eigenvalue weighted by atomic mass is 19.1. The van der Waals surface area contributed by atoms with Gasteiger partial charge in [-0.25, -0.2) is 4.79 Å². The molecule has 0 aromatic heterocycles. The van der Waals surface area contributed by atoms with Gasteiger partial charge in [0.15, 0.2) is 11.5 Å². The summed E-state index contributed by atoms with van der Waals surface area (Å²) in [6.45, 7) is 0. The third-order valence-corrected chi connectivity index (χ3v) is 2.07. The Labute approximate surface area is 103 Å². The molecule has 1 atom stereocenters. The van der Waals surface area contributed by atoms with Crippen LogP contribution in [0.1, 0.15) is 0 Å². The van der Waals surface area contributed by atoms with Crippen LogP contribution >= 0.6 is 0 Å². The summed E-state index contributed by atoms with van der Waals surface area (Å²) in [6.07, 6.45) is -2.46. The van der Waals surface area contributed by atoms with Crippen LogP contribution in [-0.2, 0) is 4.79 Å². The van der Waals surface area contributed by atoms with E-state index in [1.807, 2.05) is 0 Å². The zero-order valence-electron chi connectivity index (χ0n) is 10.1. The molecule has 0 radical (unpaired) electrons. The van der Waals surface area contributed by atoms with Crippen LogP contribution in [0.25, 0.3) is 0 Å². The van der Waals surface area contributed by atoms with Gasteiger partial charge in [0.1, 0.15) is 5.75 Å². The van der Waals surface area contributed by atoms with E-state index in [0.29, 0.717) is 5.75 Å². The number of carboxylic acids is 1. The van der Waals surface area contributed by atoms with E-state index in [1.54, 1.807) is 0 Å². The van der Waals surface area contributed by atoms with Gasteiger partial charge in [-0.3, -0.25) is 0 Å². The van der Waals surface area contributed by atoms with E-state index >= 15 is 0 Å². The molecule has 0 aliphatic rings. The average Bonchev–Trinajstić information content (AvgIpc) is 2.37. The molecule has 0 saturated heterocycles. The molecule has 1 rings (SSSR count). The van der Waals surface area contributed by atoms with Crippen molar-refractivity contribution in [3.8, 4) is 23.0 Å². The third-order valence-electron chi connectivity index (χ3n) is 2.07. The summed E-state index contributed by atoms with van der Waals surface area (Å²) in [7, 11) is 4.17. The van der Waals surface area contributed by atoms with Crippen LogP contribution in [0.4, 0.5) is 4.39 Å². The Morgan fingerprint density at radius 3 is 2.00 bits per heavy atom. The molecule has 1 aromatic rings. The van der Waals surface area contributed by atoms with Crippen LogP contribution < -0.4 is 18.9 Å². The van der Waals surface area contributed by atoms with Crippen LogP contribution in [0, 0.1) is 0 Å². The summed E-state index contributed by atoms with van der Waals surface area (Å²) in [6, 6.07) is 2.60. The molecular weight excluding hydrogens is 247 g/mol. The lowest BCUT2D eigenvalue weighted by atomic mass is 10.2. The van der Waals surface area contributed by atoms with E-state index in [9.17, 15) is 9.18 Å². The minimum atomic E-state index is -2.46. The SMILES string of the molecule is COc1cc(OC(F)C(=O)O)cc(OC)c1OC. The van der Waals surface area contributed by atoms with Gasteiger partial charge in [0.2, 0.25) is 5.75 Å². The summed E-state index contributed by atoms with van der Waals surface area (Å²) < 4.78 is 32.6. The maximum atomic E-state index is 12.9. The molecule has 0 aliphatic heterocycles. The second-order valence-electron chi connectivity index (χ2n) is 3.13. The van der Waals surface area contributed by atoms with Gasteiger partial charge in [0.25, 0.3) is 0 Å². The number of aliphatic carboxylic acids is 1. The third kappa shape index (κ3) is 2.93. The van der Waals surface area contributed by atoms with E-state index in [-0.39, 0.29) is 17.2 Å². The Bertz CT molecular complexity index is 409. The van der Waals surface area contributed by atoms with Gasteiger partial charge < -0.3 is 24.1 Å². The molecular formula is C11H13FO6. The zero-order chi connectivity index (χ0) is 13.7. The minimum absolute atomic E-state index is 0.0422. The van der Waals surface area contributed by atoms with Crippen LogP contribution in [0.5, 0.6) is 23.0 Å². The minimum Gasteiger partial charge on any atom is -0.493 e. The smallest absolute Gasteiger partial charge is 0.378 e. The molecule has 0 saturated carbocycles. The Balaban J connectivity index is 3.11. The van der Waals surface area contributed by atoms with Crippen molar-refractivity contribution in [2.75, 3.05) is 21.3 Å². The van der Waals surface area contributed by atoms with Crippen LogP contribution in [0.3, 0.4) is 0 Å². The lowest BCUT2D eigenvalue weighted by Gasteiger charge is -2.14. The predicted molar refractivity (Wildman–Crippen MR) is 59.3 cm³/mol. The topological polar surface area (TPSA) is 74.2 Å². The fourth-order valence-electron chi connectivity index (χ4n) is 1.29. The molecule has 7 heteroatoms. The van der Waals surface area contributed by atoms with Crippen LogP contribution in [-0.4, -0.2) is 38.8 Å². The van der Waals surface area contributed by atoms with Crippen molar-refractivity contribution in [2.45, 2.75) is 6.36 Å². The molecule has 0 fully saturated rings. The molecule has 0 bridgehead atoms. The van der Waals surface area contributed by atoms with Crippen molar-refractivity contribution < 1.29 is 33.2 Å². The monoisotopic (exact) mass is 260 g/mol. The Morgan fingerprint density at radius 2 is 1.67 bits per heavy atom. The number of benzene rings is 1. The van der Waals surface area contributed by atoms with E-state index in [2.05, 4.69) is 4.74 Å². The average molecular weight is 260 g/mol. The van der Waals surface area contributed by atoms with Crippen molar-refractivity contribution in [1.82, 2.24) is 0 Å². The first kappa shape index (κ1) is 13.9. The fourth-order valence-corrected chi connectivity index (χ4v) is 1.29. The predicted octanol–water partition coefficient (Wildman–Crippen LogP) is 1.47. The number of ether oxygens (including phenoxy) is 4. The molecule has 6 nitrogen and oxygen atoms in total. The maximum absolute atomic E-state index is 12.9. The van der Waals surface area contributed by atoms with E-state index in [1.165, 1.54) is 33.5 Å². The van der Waals surface area contributed by atoms with E-state index < -0.39 is 12.3 Å². The van der Waals surface area contributed by atoms with Gasteiger partial charge in [-0.05, 0) is 0 Å². The normalized spacial score (nSPS) is 11.6. The quantitative estimate of drug-likeness (QED) is 0.834. The highest BCUT2D eigenvalue weighted by Gasteiger charge is 2.20. The lowest BCUT2D eigenvalue weighted by Crippen LogP contribution is -2.21. The number of alkyl halides is 1. The van der Waals surface area contributed by atoms with Crippen molar-refractivity contribution in [3.05, 3.63) is 12.1 Å². The maximum Gasteiger partial charge on any atom is 0.378 e. The van der Waals surface area contributed by atoms with Crippen LogP contribution in [0.15, 0.2) is 12.1 Å². The lowest BCUT2D eigenvalue weighted by molar-refractivity contribution is -0.153. The first-order chi connectivity index (χ1) is 8.53. The number of halogens is 1. The first-order valence-electron chi connectivity index (χ1n) is 4.87. The second-order valence-corrected chi connectivity index (χ2v) is 3.13. The van der Waals surface area contributed by atoms with E-state index in [0.717, 1.165) is 0 Å². The Kier molecular flexibility index (Phi) is 4.59. The summed E-state index contributed by atoms with van der Waals surface area (Å²) in [5.74, 6) is -0.977. The van der Waals surface area contributed by atoms with Gasteiger partial charge in [-0.2, -0.15) is 4.39 Å². The number of methoxy groups -OCH3 is 3. The standard InChI is InChI=1S/C11H13FO6/c1-15-7-4-6(18-10(12)11(13)14)5-8(16-2)9(7)17-3/h4-5,10H,1-3H3,(H,13,14). The molecule has 18 heavy (non-hydrogen) atoms. The van der Waals surface area contributed by atoms with Gasteiger partial charge in [-0.1, -0.05) is 0 Å². The van der Waals surface area contributed by atoms with Crippen molar-refractivity contribution in [1.29, 1.82) is 0 Å². The van der Waals surface area contributed by atoms with Gasteiger partial charge >= 0.3 is 12.3 Å². The summed E-state index contributed by atoms with van der Waals surface area (Å²) in [5.41, 5.74) is 0. The molecule has 0 heterocycles. The molecule has 1 unspecified atom stereocenters.